The number of nitrogens with zero attached hydrogens (tertiary/aromatic N) is 2. The molecule has 0 saturated heterocycles. The first-order valence-corrected chi connectivity index (χ1v) is 6.84. The molecule has 2 aromatic rings. The molecule has 0 radical (unpaired) electrons. The van der Waals surface area contributed by atoms with Crippen LogP contribution in [0.15, 0.2) is 22.7 Å². The lowest BCUT2D eigenvalue weighted by Gasteiger charge is -2.12. The van der Waals surface area contributed by atoms with Crippen LogP contribution in [0.25, 0.3) is 11.4 Å². The van der Waals surface area contributed by atoms with Crippen molar-refractivity contribution < 1.29 is 9.47 Å². The smallest absolute Gasteiger partial charge is 0.165 e. The third-order valence-electron chi connectivity index (χ3n) is 2.90. The Labute approximate surface area is 126 Å². The van der Waals surface area contributed by atoms with E-state index in [0.29, 0.717) is 11.6 Å². The van der Waals surface area contributed by atoms with Crippen LogP contribution in [0.5, 0.6) is 11.5 Å². The summed E-state index contributed by atoms with van der Waals surface area (Å²) >= 11 is 3.47. The van der Waals surface area contributed by atoms with E-state index in [1.165, 1.54) is 0 Å². The summed E-state index contributed by atoms with van der Waals surface area (Å²) in [6, 6.07) is 5.56. The van der Waals surface area contributed by atoms with Crippen molar-refractivity contribution in [2.75, 3.05) is 26.6 Å². The molecule has 1 aromatic carbocycles. The fourth-order valence-electron chi connectivity index (χ4n) is 1.83. The maximum atomic E-state index is 5.39. The molecule has 0 unspecified atom stereocenters. The molecule has 0 bridgehead atoms. The fourth-order valence-corrected chi connectivity index (χ4v) is 2.20. The zero-order chi connectivity index (χ0) is 14.7. The van der Waals surface area contributed by atoms with Gasteiger partial charge in [0.1, 0.15) is 17.3 Å². The molecule has 0 atom stereocenters. The van der Waals surface area contributed by atoms with Crippen LogP contribution in [0.3, 0.4) is 0 Å². The third kappa shape index (κ3) is 2.70. The van der Waals surface area contributed by atoms with Gasteiger partial charge in [0.2, 0.25) is 0 Å². The van der Waals surface area contributed by atoms with Gasteiger partial charge in [-0.05, 0) is 35.0 Å². The maximum Gasteiger partial charge on any atom is 0.165 e. The molecule has 2 rings (SSSR count). The molecular weight excluding hydrogens is 322 g/mol. The average Bonchev–Trinajstić information content (AvgIpc) is 2.49. The number of aryl methyl sites for hydroxylation is 1. The number of hydrogen-bond donors (Lipinski definition) is 1. The lowest BCUT2D eigenvalue weighted by Crippen LogP contribution is -2.02. The van der Waals surface area contributed by atoms with Crippen LogP contribution in [0.1, 0.15) is 5.69 Å². The Morgan fingerprint density at radius 1 is 1.15 bits per heavy atom. The van der Waals surface area contributed by atoms with Crippen LogP contribution in [0.4, 0.5) is 5.82 Å². The summed E-state index contributed by atoms with van der Waals surface area (Å²) in [6.45, 7) is 1.92. The number of anilines is 1. The zero-order valence-corrected chi connectivity index (χ0v) is 13.4. The van der Waals surface area contributed by atoms with Gasteiger partial charge in [-0.25, -0.2) is 9.97 Å². The van der Waals surface area contributed by atoms with E-state index in [1.807, 2.05) is 32.2 Å². The van der Waals surface area contributed by atoms with Crippen LogP contribution < -0.4 is 14.8 Å². The van der Waals surface area contributed by atoms with Crippen molar-refractivity contribution in [1.29, 1.82) is 0 Å². The van der Waals surface area contributed by atoms with E-state index < -0.39 is 0 Å². The van der Waals surface area contributed by atoms with Crippen molar-refractivity contribution in [3.63, 3.8) is 0 Å². The zero-order valence-electron chi connectivity index (χ0n) is 11.8. The van der Waals surface area contributed by atoms with E-state index in [-0.39, 0.29) is 0 Å². The highest BCUT2D eigenvalue weighted by Crippen LogP contribution is 2.33. The predicted octanol–water partition coefficient (Wildman–Crippen LogP) is 3.27. The Balaban J connectivity index is 2.59. The van der Waals surface area contributed by atoms with Crippen molar-refractivity contribution in [3.8, 4) is 22.9 Å². The van der Waals surface area contributed by atoms with Crippen molar-refractivity contribution in [1.82, 2.24) is 9.97 Å². The minimum Gasteiger partial charge on any atom is -0.497 e. The Morgan fingerprint density at radius 2 is 1.90 bits per heavy atom. The first-order chi connectivity index (χ1) is 9.60. The second-order valence-corrected chi connectivity index (χ2v) is 4.90. The van der Waals surface area contributed by atoms with Gasteiger partial charge in [0.05, 0.1) is 29.9 Å². The molecular formula is C14H16BrN3O2. The van der Waals surface area contributed by atoms with E-state index in [2.05, 4.69) is 31.2 Å². The molecule has 0 fully saturated rings. The lowest BCUT2D eigenvalue weighted by atomic mass is 10.1. The summed E-state index contributed by atoms with van der Waals surface area (Å²) < 4.78 is 11.4. The summed E-state index contributed by atoms with van der Waals surface area (Å²) in [7, 11) is 5.05. The number of halogens is 1. The SMILES string of the molecule is CNc1nc(-c2ccc(OC)cc2OC)nc(C)c1Br. The van der Waals surface area contributed by atoms with Crippen LogP contribution >= 0.6 is 15.9 Å². The van der Waals surface area contributed by atoms with Crippen molar-refractivity contribution >= 4 is 21.7 Å². The molecule has 20 heavy (non-hydrogen) atoms. The van der Waals surface area contributed by atoms with Crippen LogP contribution in [-0.4, -0.2) is 31.2 Å². The second kappa shape index (κ2) is 6.09. The molecule has 0 aliphatic rings. The normalized spacial score (nSPS) is 10.2. The van der Waals surface area contributed by atoms with Crippen LogP contribution in [0.2, 0.25) is 0 Å². The third-order valence-corrected chi connectivity index (χ3v) is 3.85. The number of nitrogens with one attached hydrogen (secondary N) is 1. The summed E-state index contributed by atoms with van der Waals surface area (Å²) in [4.78, 5) is 8.99. The number of benzene rings is 1. The van der Waals surface area contributed by atoms with E-state index in [9.17, 15) is 0 Å². The molecule has 0 aliphatic heterocycles. The number of methoxy groups -OCH3 is 2. The predicted molar refractivity (Wildman–Crippen MR) is 82.6 cm³/mol. The first kappa shape index (κ1) is 14.6. The fraction of sp³-hybridized carbons (Fsp3) is 0.286. The monoisotopic (exact) mass is 337 g/mol. The van der Waals surface area contributed by atoms with Gasteiger partial charge >= 0.3 is 0 Å². The average molecular weight is 338 g/mol. The Morgan fingerprint density at radius 3 is 2.50 bits per heavy atom. The summed E-state index contributed by atoms with van der Waals surface area (Å²) in [5.41, 5.74) is 1.68. The minimum absolute atomic E-state index is 0.606. The van der Waals surface area contributed by atoms with E-state index in [0.717, 1.165) is 27.3 Å². The van der Waals surface area contributed by atoms with Crippen LogP contribution in [0, 0.1) is 6.92 Å². The molecule has 0 aliphatic carbocycles. The summed E-state index contributed by atoms with van der Waals surface area (Å²) in [5, 5.41) is 3.04. The van der Waals surface area contributed by atoms with Gasteiger partial charge < -0.3 is 14.8 Å². The molecule has 5 nitrogen and oxygen atoms in total. The van der Waals surface area contributed by atoms with Gasteiger partial charge in [-0.15, -0.1) is 0 Å². The molecule has 0 amide bonds. The van der Waals surface area contributed by atoms with Crippen molar-refractivity contribution in [2.45, 2.75) is 6.92 Å². The van der Waals surface area contributed by atoms with Gasteiger partial charge in [0.15, 0.2) is 5.82 Å². The molecule has 1 heterocycles. The minimum atomic E-state index is 0.606. The number of aromatic nitrogens is 2. The molecule has 6 heteroatoms. The molecule has 1 N–H and O–H groups in total. The first-order valence-electron chi connectivity index (χ1n) is 6.05. The number of hydrogen-bond acceptors (Lipinski definition) is 5. The Hall–Kier alpha value is -1.82. The summed E-state index contributed by atoms with van der Waals surface area (Å²) in [6.07, 6.45) is 0. The highest BCUT2D eigenvalue weighted by atomic mass is 79.9. The highest BCUT2D eigenvalue weighted by Gasteiger charge is 2.14. The standard InChI is InChI=1S/C14H16BrN3O2/c1-8-12(15)14(16-2)18-13(17-8)10-6-5-9(19-3)7-11(10)20-4/h5-7H,1-4H3,(H,16,17,18). The quantitative estimate of drug-likeness (QED) is 0.927. The van der Waals surface area contributed by atoms with Gasteiger partial charge in [0, 0.05) is 13.1 Å². The van der Waals surface area contributed by atoms with Gasteiger partial charge in [0.25, 0.3) is 0 Å². The van der Waals surface area contributed by atoms with Crippen molar-refractivity contribution in [3.05, 3.63) is 28.4 Å². The van der Waals surface area contributed by atoms with Gasteiger partial charge in [-0.3, -0.25) is 0 Å². The summed E-state index contributed by atoms with van der Waals surface area (Å²) in [5.74, 6) is 2.75. The topological polar surface area (TPSA) is 56.3 Å². The van der Waals surface area contributed by atoms with Crippen molar-refractivity contribution in [2.24, 2.45) is 0 Å². The molecule has 106 valence electrons. The van der Waals surface area contributed by atoms with Crippen LogP contribution in [-0.2, 0) is 0 Å². The molecule has 0 saturated carbocycles. The van der Waals surface area contributed by atoms with E-state index in [4.69, 9.17) is 9.47 Å². The van der Waals surface area contributed by atoms with Gasteiger partial charge in [-0.2, -0.15) is 0 Å². The largest absolute Gasteiger partial charge is 0.497 e. The lowest BCUT2D eigenvalue weighted by molar-refractivity contribution is 0.395. The Kier molecular flexibility index (Phi) is 4.44. The number of ether oxygens (including phenoxy) is 2. The Bertz CT molecular complexity index is 632. The number of rotatable bonds is 4. The second-order valence-electron chi connectivity index (χ2n) is 4.11. The molecule has 1 aromatic heterocycles. The maximum absolute atomic E-state index is 5.39. The highest BCUT2D eigenvalue weighted by molar-refractivity contribution is 9.10. The van der Waals surface area contributed by atoms with E-state index >= 15 is 0 Å². The molecule has 0 spiro atoms. The van der Waals surface area contributed by atoms with E-state index in [1.54, 1.807) is 14.2 Å². The van der Waals surface area contributed by atoms with Gasteiger partial charge in [-0.1, -0.05) is 0 Å².